The van der Waals surface area contributed by atoms with Crippen molar-refractivity contribution in [2.24, 2.45) is 11.7 Å². The van der Waals surface area contributed by atoms with Gasteiger partial charge in [-0.2, -0.15) is 13.2 Å². The quantitative estimate of drug-likeness (QED) is 0.647. The third-order valence-corrected chi connectivity index (χ3v) is 5.97. The Labute approximate surface area is 178 Å². The zero-order chi connectivity index (χ0) is 22.2. The van der Waals surface area contributed by atoms with E-state index < -0.39 is 29.6 Å². The number of rotatable bonds is 8. The van der Waals surface area contributed by atoms with Crippen molar-refractivity contribution in [2.45, 2.75) is 43.9 Å². The van der Waals surface area contributed by atoms with Gasteiger partial charge in [0, 0.05) is 31.4 Å². The summed E-state index contributed by atoms with van der Waals surface area (Å²) in [5.74, 6) is -0.395. The van der Waals surface area contributed by atoms with Gasteiger partial charge in [0.15, 0.2) is 0 Å². The number of nitrogens with zero attached hydrogens (tertiary/aromatic N) is 2. The number of benzene rings is 1. The maximum atomic E-state index is 13.8. The molecule has 2 aliphatic carbocycles. The summed E-state index contributed by atoms with van der Waals surface area (Å²) in [6, 6.07) is 3.12. The second kappa shape index (κ2) is 8.76. The molecule has 4 rings (SSSR count). The summed E-state index contributed by atoms with van der Waals surface area (Å²) in [5, 5.41) is 2.46. The lowest BCUT2D eigenvalue weighted by atomic mass is 10.1. The first-order valence-corrected chi connectivity index (χ1v) is 10.6. The molecule has 0 spiro atoms. The Morgan fingerprint density at radius 3 is 2.61 bits per heavy atom. The van der Waals surface area contributed by atoms with E-state index in [-0.39, 0.29) is 43.7 Å². The van der Waals surface area contributed by atoms with E-state index in [1.165, 1.54) is 17.0 Å². The fraction of sp³-hybridized carbons (Fsp3) is 0.619. The molecule has 31 heavy (non-hydrogen) atoms. The van der Waals surface area contributed by atoms with E-state index in [0.29, 0.717) is 5.92 Å². The van der Waals surface area contributed by atoms with Gasteiger partial charge in [-0.25, -0.2) is 0 Å². The molecule has 170 valence electrons. The highest BCUT2D eigenvalue weighted by Gasteiger charge is 2.41. The summed E-state index contributed by atoms with van der Waals surface area (Å²) in [6.45, 7) is 1.05. The van der Waals surface area contributed by atoms with Crippen molar-refractivity contribution in [3.8, 4) is 0 Å². The average Bonchev–Trinajstić information content (AvgIpc) is 3.61. The summed E-state index contributed by atoms with van der Waals surface area (Å²) >= 11 is 0. The minimum absolute atomic E-state index is 0.0385. The number of carbonyl (C=O) groups is 2. The molecule has 1 aromatic carbocycles. The minimum Gasteiger partial charge on any atom is -0.370 e. The zero-order valence-electron chi connectivity index (χ0n) is 17.2. The molecule has 1 atom stereocenters. The SMILES string of the molecule is NC[C@@H](C(=O)Nc1ccc(N2CCOCC2=O)cc1C(F)(F)F)N(CC1CC1)C1CC1. The molecule has 3 aliphatic rings. The van der Waals surface area contributed by atoms with Crippen LogP contribution in [0.2, 0.25) is 0 Å². The van der Waals surface area contributed by atoms with Crippen LogP contribution in [-0.4, -0.2) is 61.6 Å². The lowest BCUT2D eigenvalue weighted by molar-refractivity contribution is -0.137. The highest BCUT2D eigenvalue weighted by Crippen LogP contribution is 2.39. The number of hydrogen-bond acceptors (Lipinski definition) is 5. The van der Waals surface area contributed by atoms with Gasteiger partial charge < -0.3 is 20.7 Å². The summed E-state index contributed by atoms with van der Waals surface area (Å²) in [4.78, 5) is 28.3. The van der Waals surface area contributed by atoms with Gasteiger partial charge in [-0.15, -0.1) is 0 Å². The molecule has 0 aromatic heterocycles. The lowest BCUT2D eigenvalue weighted by Crippen LogP contribution is -2.50. The Morgan fingerprint density at radius 2 is 2.03 bits per heavy atom. The van der Waals surface area contributed by atoms with E-state index in [2.05, 4.69) is 10.2 Å². The molecule has 3 N–H and O–H groups in total. The van der Waals surface area contributed by atoms with Crippen molar-refractivity contribution in [3.05, 3.63) is 23.8 Å². The number of alkyl halides is 3. The van der Waals surface area contributed by atoms with E-state index in [1.54, 1.807) is 0 Å². The monoisotopic (exact) mass is 440 g/mol. The molecule has 0 radical (unpaired) electrons. The predicted molar refractivity (Wildman–Crippen MR) is 109 cm³/mol. The molecule has 7 nitrogen and oxygen atoms in total. The summed E-state index contributed by atoms with van der Waals surface area (Å²) < 4.78 is 46.4. The standard InChI is InChI=1S/C21H27F3N4O3/c22-21(23,24)16-9-15(27-7-8-31-12-19(27)29)5-6-17(16)26-20(30)18(10-25)28(14-3-4-14)11-13-1-2-13/h5-6,9,13-14,18H,1-4,7-8,10-12,25H2,(H,26,30)/t18-/m0/s1. The van der Waals surface area contributed by atoms with Gasteiger partial charge in [-0.3, -0.25) is 14.5 Å². The number of amides is 2. The van der Waals surface area contributed by atoms with Crippen LogP contribution < -0.4 is 16.0 Å². The van der Waals surface area contributed by atoms with Crippen LogP contribution in [-0.2, 0) is 20.5 Å². The van der Waals surface area contributed by atoms with Crippen LogP contribution in [0, 0.1) is 5.92 Å². The Hall–Kier alpha value is -2.17. The predicted octanol–water partition coefficient (Wildman–Crippen LogP) is 2.21. The van der Waals surface area contributed by atoms with Crippen LogP contribution in [0.3, 0.4) is 0 Å². The molecule has 1 saturated heterocycles. The van der Waals surface area contributed by atoms with Crippen molar-refractivity contribution in [1.29, 1.82) is 0 Å². The number of halogens is 3. The highest BCUT2D eigenvalue weighted by atomic mass is 19.4. The number of ether oxygens (including phenoxy) is 1. The summed E-state index contributed by atoms with van der Waals surface area (Å²) in [7, 11) is 0. The van der Waals surface area contributed by atoms with E-state index in [1.807, 2.05) is 0 Å². The van der Waals surface area contributed by atoms with E-state index >= 15 is 0 Å². The van der Waals surface area contributed by atoms with Crippen molar-refractivity contribution in [2.75, 3.05) is 43.1 Å². The summed E-state index contributed by atoms with van der Waals surface area (Å²) in [6.07, 6.45) is -0.514. The molecule has 1 aromatic rings. The topological polar surface area (TPSA) is 87.9 Å². The highest BCUT2D eigenvalue weighted by molar-refractivity contribution is 5.98. The largest absolute Gasteiger partial charge is 0.418 e. The molecule has 1 heterocycles. The number of carbonyl (C=O) groups excluding carboxylic acids is 2. The fourth-order valence-corrected chi connectivity index (χ4v) is 3.98. The van der Waals surface area contributed by atoms with Gasteiger partial charge in [0.05, 0.1) is 17.9 Å². The number of hydrogen-bond donors (Lipinski definition) is 2. The smallest absolute Gasteiger partial charge is 0.370 e. The third-order valence-electron chi connectivity index (χ3n) is 5.97. The Bertz CT molecular complexity index is 840. The van der Waals surface area contributed by atoms with Gasteiger partial charge in [-0.05, 0) is 49.8 Å². The molecule has 2 amide bonds. The molecular formula is C21H27F3N4O3. The van der Waals surface area contributed by atoms with Gasteiger partial charge >= 0.3 is 6.18 Å². The minimum atomic E-state index is -4.70. The number of anilines is 2. The van der Waals surface area contributed by atoms with Crippen LogP contribution in [0.1, 0.15) is 31.2 Å². The van der Waals surface area contributed by atoms with Crippen LogP contribution in [0.4, 0.5) is 24.5 Å². The summed E-state index contributed by atoms with van der Waals surface area (Å²) in [5.41, 5.74) is 4.67. The Kier molecular flexibility index (Phi) is 6.23. The van der Waals surface area contributed by atoms with Crippen LogP contribution >= 0.6 is 0 Å². The Morgan fingerprint density at radius 1 is 1.29 bits per heavy atom. The first kappa shape index (κ1) is 22.0. The van der Waals surface area contributed by atoms with E-state index in [4.69, 9.17) is 10.5 Å². The van der Waals surface area contributed by atoms with E-state index in [9.17, 15) is 22.8 Å². The van der Waals surface area contributed by atoms with Crippen molar-refractivity contribution >= 4 is 23.2 Å². The Balaban J connectivity index is 1.55. The van der Waals surface area contributed by atoms with Crippen molar-refractivity contribution in [1.82, 2.24) is 4.90 Å². The first-order valence-electron chi connectivity index (χ1n) is 10.6. The lowest BCUT2D eigenvalue weighted by Gasteiger charge is -2.31. The molecule has 10 heteroatoms. The average molecular weight is 440 g/mol. The number of nitrogens with two attached hydrogens (primary N) is 1. The first-order chi connectivity index (χ1) is 14.8. The molecule has 2 saturated carbocycles. The number of nitrogens with one attached hydrogen (secondary N) is 1. The molecule has 0 bridgehead atoms. The molecule has 3 fully saturated rings. The van der Waals surface area contributed by atoms with Crippen LogP contribution in [0.5, 0.6) is 0 Å². The molecular weight excluding hydrogens is 413 g/mol. The normalized spacial score (nSPS) is 20.8. The second-order valence-electron chi connectivity index (χ2n) is 8.44. The maximum absolute atomic E-state index is 13.8. The third kappa shape index (κ3) is 5.19. The van der Waals surface area contributed by atoms with Gasteiger partial charge in [0.2, 0.25) is 5.91 Å². The molecule has 0 unspecified atom stereocenters. The number of morpholine rings is 1. The van der Waals surface area contributed by atoms with Crippen molar-refractivity contribution in [3.63, 3.8) is 0 Å². The maximum Gasteiger partial charge on any atom is 0.418 e. The van der Waals surface area contributed by atoms with Crippen LogP contribution in [0.15, 0.2) is 18.2 Å². The van der Waals surface area contributed by atoms with Crippen molar-refractivity contribution < 1.29 is 27.5 Å². The fourth-order valence-electron chi connectivity index (χ4n) is 3.98. The van der Waals surface area contributed by atoms with Gasteiger partial charge in [0.1, 0.15) is 12.6 Å². The second-order valence-corrected chi connectivity index (χ2v) is 8.44. The zero-order valence-corrected chi connectivity index (χ0v) is 17.2. The van der Waals surface area contributed by atoms with Gasteiger partial charge in [0.25, 0.3) is 5.91 Å². The molecule has 1 aliphatic heterocycles. The van der Waals surface area contributed by atoms with Gasteiger partial charge in [-0.1, -0.05) is 0 Å². The van der Waals surface area contributed by atoms with Crippen LogP contribution in [0.25, 0.3) is 0 Å². The van der Waals surface area contributed by atoms with E-state index in [0.717, 1.165) is 38.3 Å².